The van der Waals surface area contributed by atoms with Crippen molar-refractivity contribution in [1.29, 1.82) is 0 Å². The van der Waals surface area contributed by atoms with Crippen LogP contribution in [0.4, 0.5) is 0 Å². The zero-order valence-corrected chi connectivity index (χ0v) is 11.7. The lowest BCUT2D eigenvalue weighted by molar-refractivity contribution is -0.142. The lowest BCUT2D eigenvalue weighted by Gasteiger charge is -2.30. The van der Waals surface area contributed by atoms with Crippen molar-refractivity contribution >= 4 is 16.2 Å². The molecule has 0 saturated carbocycles. The van der Waals surface area contributed by atoms with Gasteiger partial charge in [0.2, 0.25) is 0 Å². The minimum atomic E-state index is -3.54. The summed E-state index contributed by atoms with van der Waals surface area (Å²) in [5.74, 6) is -1.27. The van der Waals surface area contributed by atoms with Gasteiger partial charge in [0.25, 0.3) is 10.2 Å². The molecule has 8 heteroatoms. The third-order valence-corrected chi connectivity index (χ3v) is 5.47. The summed E-state index contributed by atoms with van der Waals surface area (Å²) in [4.78, 5) is 10.8. The van der Waals surface area contributed by atoms with Crippen LogP contribution in [0, 0.1) is 5.92 Å². The molecule has 0 aliphatic carbocycles. The summed E-state index contributed by atoms with van der Waals surface area (Å²) >= 11 is 0. The summed E-state index contributed by atoms with van der Waals surface area (Å²) in [6.45, 7) is 2.93. The van der Waals surface area contributed by atoms with Crippen molar-refractivity contribution in [2.45, 2.75) is 38.3 Å². The third-order valence-electron chi connectivity index (χ3n) is 3.82. The van der Waals surface area contributed by atoms with Crippen LogP contribution in [0.1, 0.15) is 26.2 Å². The molecule has 0 aromatic rings. The maximum absolute atomic E-state index is 12.2. The normalized spacial score (nSPS) is 30.6. The molecule has 2 heterocycles. The van der Waals surface area contributed by atoms with Gasteiger partial charge in [0.1, 0.15) is 0 Å². The van der Waals surface area contributed by atoms with E-state index in [-0.39, 0.29) is 25.2 Å². The van der Waals surface area contributed by atoms with Gasteiger partial charge in [0, 0.05) is 19.7 Å². The number of rotatable bonds is 4. The number of carboxylic acid groups (broad SMARTS) is 1. The summed E-state index contributed by atoms with van der Waals surface area (Å²) in [5.41, 5.74) is 0. The number of hydrogen-bond donors (Lipinski definition) is 2. The predicted molar refractivity (Wildman–Crippen MR) is 67.8 cm³/mol. The van der Waals surface area contributed by atoms with Crippen molar-refractivity contribution in [1.82, 2.24) is 9.03 Å². The number of aliphatic carboxylic acids is 1. The maximum Gasteiger partial charge on any atom is 0.306 e. The molecule has 2 saturated heterocycles. The number of ether oxygens (including phenoxy) is 1. The summed E-state index contributed by atoms with van der Waals surface area (Å²) < 4.78 is 33.7. The van der Waals surface area contributed by atoms with Crippen LogP contribution in [0.5, 0.6) is 0 Å². The van der Waals surface area contributed by atoms with Gasteiger partial charge in [0.05, 0.1) is 18.1 Å². The Morgan fingerprint density at radius 3 is 2.42 bits per heavy atom. The average Bonchev–Trinajstić information content (AvgIpc) is 2.74. The van der Waals surface area contributed by atoms with Crippen LogP contribution in [-0.2, 0) is 19.7 Å². The largest absolute Gasteiger partial charge is 0.481 e. The van der Waals surface area contributed by atoms with E-state index in [1.807, 2.05) is 6.92 Å². The van der Waals surface area contributed by atoms with Gasteiger partial charge in [-0.1, -0.05) is 0 Å². The number of piperidine rings is 1. The topological polar surface area (TPSA) is 95.9 Å². The first kappa shape index (κ1) is 14.7. The molecular formula is C11H20N2O5S. The van der Waals surface area contributed by atoms with E-state index in [2.05, 4.69) is 4.72 Å². The zero-order chi connectivity index (χ0) is 14.0. The molecular weight excluding hydrogens is 272 g/mol. The van der Waals surface area contributed by atoms with Crippen LogP contribution in [0.15, 0.2) is 0 Å². The molecule has 2 aliphatic heterocycles. The smallest absolute Gasteiger partial charge is 0.306 e. The fourth-order valence-electron chi connectivity index (χ4n) is 2.50. The first-order chi connectivity index (χ1) is 8.90. The van der Waals surface area contributed by atoms with E-state index in [0.29, 0.717) is 25.9 Å². The molecule has 2 unspecified atom stereocenters. The Morgan fingerprint density at radius 2 is 1.95 bits per heavy atom. The van der Waals surface area contributed by atoms with Gasteiger partial charge in [-0.15, -0.1) is 0 Å². The van der Waals surface area contributed by atoms with Crippen LogP contribution >= 0.6 is 0 Å². The summed E-state index contributed by atoms with van der Waals surface area (Å²) in [6, 6.07) is -0.192. The van der Waals surface area contributed by atoms with Crippen molar-refractivity contribution < 1.29 is 23.1 Å². The fraction of sp³-hybridized carbons (Fsp3) is 0.909. The quantitative estimate of drug-likeness (QED) is 0.748. The molecule has 0 spiro atoms. The van der Waals surface area contributed by atoms with Gasteiger partial charge >= 0.3 is 5.97 Å². The standard InChI is InChI=1S/C11H20N2O5S/c1-8-10(4-7-18-8)12-19(16,17)13-5-2-9(3-6-13)11(14)15/h8-10,12H,2-7H2,1H3,(H,14,15). The molecule has 2 aliphatic rings. The van der Waals surface area contributed by atoms with Gasteiger partial charge in [0.15, 0.2) is 0 Å². The molecule has 2 rings (SSSR count). The van der Waals surface area contributed by atoms with Crippen LogP contribution in [0.25, 0.3) is 0 Å². The summed E-state index contributed by atoms with van der Waals surface area (Å²) in [6.07, 6.45) is 1.29. The molecule has 2 N–H and O–H groups in total. The molecule has 0 amide bonds. The van der Waals surface area contributed by atoms with E-state index in [4.69, 9.17) is 9.84 Å². The van der Waals surface area contributed by atoms with E-state index < -0.39 is 22.1 Å². The van der Waals surface area contributed by atoms with Gasteiger partial charge in [-0.3, -0.25) is 4.79 Å². The molecule has 7 nitrogen and oxygen atoms in total. The second kappa shape index (κ2) is 5.74. The third kappa shape index (κ3) is 3.44. The highest BCUT2D eigenvalue weighted by Gasteiger charge is 2.34. The number of carbonyl (C=O) groups is 1. The highest BCUT2D eigenvalue weighted by molar-refractivity contribution is 7.87. The monoisotopic (exact) mass is 292 g/mol. The second-order valence-electron chi connectivity index (χ2n) is 5.11. The van der Waals surface area contributed by atoms with Crippen molar-refractivity contribution in [2.24, 2.45) is 5.92 Å². The van der Waals surface area contributed by atoms with Crippen LogP contribution in [0.3, 0.4) is 0 Å². The number of carboxylic acids is 1. The van der Waals surface area contributed by atoms with E-state index in [9.17, 15) is 13.2 Å². The van der Waals surface area contributed by atoms with Gasteiger partial charge < -0.3 is 9.84 Å². The molecule has 2 atom stereocenters. The highest BCUT2D eigenvalue weighted by Crippen LogP contribution is 2.21. The SMILES string of the molecule is CC1OCCC1NS(=O)(=O)N1CCC(C(=O)O)CC1. The molecule has 0 aromatic carbocycles. The minimum Gasteiger partial charge on any atom is -0.481 e. The minimum absolute atomic E-state index is 0.119. The van der Waals surface area contributed by atoms with Gasteiger partial charge in [-0.05, 0) is 26.2 Å². The Labute approximate surface area is 113 Å². The van der Waals surface area contributed by atoms with Crippen molar-refractivity contribution in [3.05, 3.63) is 0 Å². The van der Waals surface area contributed by atoms with Gasteiger partial charge in [-0.2, -0.15) is 17.4 Å². The molecule has 19 heavy (non-hydrogen) atoms. The number of hydrogen-bond acceptors (Lipinski definition) is 4. The first-order valence-corrected chi connectivity index (χ1v) is 7.96. The van der Waals surface area contributed by atoms with Crippen molar-refractivity contribution in [2.75, 3.05) is 19.7 Å². The predicted octanol–water partition coefficient (Wildman–Crippen LogP) is -0.205. The molecule has 0 radical (unpaired) electrons. The van der Waals surface area contributed by atoms with Crippen molar-refractivity contribution in [3.8, 4) is 0 Å². The lowest BCUT2D eigenvalue weighted by atomic mass is 9.99. The highest BCUT2D eigenvalue weighted by atomic mass is 32.2. The Morgan fingerprint density at radius 1 is 1.32 bits per heavy atom. The Kier molecular flexibility index (Phi) is 4.44. The molecule has 0 aromatic heterocycles. The first-order valence-electron chi connectivity index (χ1n) is 6.52. The Hall–Kier alpha value is -0.700. The fourth-order valence-corrected chi connectivity index (χ4v) is 4.03. The van der Waals surface area contributed by atoms with Crippen LogP contribution in [0.2, 0.25) is 0 Å². The molecule has 110 valence electrons. The zero-order valence-electron chi connectivity index (χ0n) is 10.9. The molecule has 0 bridgehead atoms. The molecule has 2 fully saturated rings. The lowest BCUT2D eigenvalue weighted by Crippen LogP contribution is -2.50. The van der Waals surface area contributed by atoms with Crippen LogP contribution in [-0.4, -0.2) is 55.6 Å². The number of nitrogens with zero attached hydrogens (tertiary/aromatic N) is 1. The van der Waals surface area contributed by atoms with E-state index in [0.717, 1.165) is 0 Å². The van der Waals surface area contributed by atoms with Gasteiger partial charge in [-0.25, -0.2) is 0 Å². The number of nitrogens with one attached hydrogen (secondary N) is 1. The summed E-state index contributed by atoms with van der Waals surface area (Å²) in [7, 11) is -3.54. The maximum atomic E-state index is 12.2. The van der Waals surface area contributed by atoms with E-state index >= 15 is 0 Å². The van der Waals surface area contributed by atoms with E-state index in [1.165, 1.54) is 4.31 Å². The average molecular weight is 292 g/mol. The Balaban J connectivity index is 1.92. The Bertz CT molecular complexity index is 430. The second-order valence-corrected chi connectivity index (χ2v) is 6.81. The summed E-state index contributed by atoms with van der Waals surface area (Å²) in [5, 5.41) is 8.89. The van der Waals surface area contributed by atoms with Crippen LogP contribution < -0.4 is 4.72 Å². The van der Waals surface area contributed by atoms with Crippen molar-refractivity contribution in [3.63, 3.8) is 0 Å². The van der Waals surface area contributed by atoms with E-state index in [1.54, 1.807) is 0 Å².